The number of thiazole rings is 1. The van der Waals surface area contributed by atoms with Crippen molar-refractivity contribution in [2.45, 2.75) is 29.7 Å². The molecule has 3 heterocycles. The smallest absolute Gasteiger partial charge is 0.323 e. The van der Waals surface area contributed by atoms with Gasteiger partial charge in [-0.3, -0.25) is 24.1 Å². The van der Waals surface area contributed by atoms with Gasteiger partial charge in [-0.15, -0.1) is 0 Å². The third-order valence-corrected chi connectivity index (χ3v) is 8.63. The molecule has 180 valence electrons. The van der Waals surface area contributed by atoms with E-state index in [2.05, 4.69) is 4.98 Å². The number of rotatable bonds is 6. The number of imide groups is 1. The Morgan fingerprint density at radius 2 is 1.97 bits per heavy atom. The van der Waals surface area contributed by atoms with Crippen molar-refractivity contribution in [2.24, 2.45) is 5.92 Å². The summed E-state index contributed by atoms with van der Waals surface area (Å²) >= 11 is 8.39. The summed E-state index contributed by atoms with van der Waals surface area (Å²) in [5.74, 6) is -3.59. The molecule has 8 nitrogen and oxygen atoms in total. The Hall–Kier alpha value is -3.08. The van der Waals surface area contributed by atoms with Crippen LogP contribution in [0.1, 0.15) is 27.5 Å². The maximum atomic E-state index is 13.4. The molecule has 11 heteroatoms. The molecule has 3 atom stereocenters. The minimum Gasteiger partial charge on any atom is -0.489 e. The number of carbonyl (C=O) groups excluding carboxylic acids is 2. The summed E-state index contributed by atoms with van der Waals surface area (Å²) in [6.07, 6.45) is 0. The number of carboxylic acid groups (broad SMARTS) is 1. The minimum absolute atomic E-state index is 0.264. The van der Waals surface area contributed by atoms with Crippen LogP contribution in [0.25, 0.3) is 0 Å². The molecule has 3 aromatic rings. The number of aliphatic carboxylic acids is 1. The van der Waals surface area contributed by atoms with E-state index < -0.39 is 41.4 Å². The van der Waals surface area contributed by atoms with Crippen LogP contribution in [0.3, 0.4) is 0 Å². The Bertz CT molecular complexity index is 1420. The Labute approximate surface area is 212 Å². The lowest BCUT2D eigenvalue weighted by Crippen LogP contribution is -2.36. The second-order valence-corrected chi connectivity index (χ2v) is 11.0. The number of hydrogen-bond donors (Lipinski definition) is 2. The molecule has 35 heavy (non-hydrogen) atoms. The third kappa shape index (κ3) is 4.37. The number of nitrogens with one attached hydrogen (secondary N) is 1. The van der Waals surface area contributed by atoms with Gasteiger partial charge in [0.25, 0.3) is 0 Å². The first-order valence-electron chi connectivity index (χ1n) is 10.7. The monoisotopic (exact) mass is 530 g/mol. The molecular formula is C24H19ClN2O6S2. The van der Waals surface area contributed by atoms with Crippen LogP contribution < -0.4 is 9.61 Å². The summed E-state index contributed by atoms with van der Waals surface area (Å²) in [4.78, 5) is 53.8. The van der Waals surface area contributed by atoms with E-state index in [4.69, 9.17) is 16.3 Å². The highest BCUT2D eigenvalue weighted by molar-refractivity contribution is 8.00. The van der Waals surface area contributed by atoms with Crippen molar-refractivity contribution < 1.29 is 24.2 Å². The number of benzene rings is 2. The summed E-state index contributed by atoms with van der Waals surface area (Å²) < 4.78 is 6.16. The third-order valence-electron chi connectivity index (χ3n) is 5.99. The first kappa shape index (κ1) is 23.7. The molecule has 0 spiro atoms. The normalized spacial score (nSPS) is 21.1. The van der Waals surface area contributed by atoms with Crippen molar-refractivity contribution in [1.82, 2.24) is 9.88 Å². The summed E-state index contributed by atoms with van der Waals surface area (Å²) in [5.41, 5.74) is 2.61. The lowest BCUT2D eigenvalue weighted by atomic mass is 9.82. The van der Waals surface area contributed by atoms with E-state index in [1.165, 1.54) is 0 Å². The first-order valence-corrected chi connectivity index (χ1v) is 12.7. The molecule has 2 unspecified atom stereocenters. The number of ether oxygens (including phenoxy) is 1. The fourth-order valence-corrected chi connectivity index (χ4v) is 7.27. The van der Waals surface area contributed by atoms with Gasteiger partial charge in [-0.05, 0) is 30.7 Å². The average molecular weight is 531 g/mol. The van der Waals surface area contributed by atoms with E-state index in [0.717, 1.165) is 39.1 Å². The molecular weight excluding hydrogens is 512 g/mol. The van der Waals surface area contributed by atoms with Gasteiger partial charge in [0.2, 0.25) is 11.8 Å². The Balaban J connectivity index is 1.59. The lowest BCUT2D eigenvalue weighted by Gasteiger charge is -2.31. The van der Waals surface area contributed by atoms with Gasteiger partial charge in [-0.25, -0.2) is 0 Å². The molecule has 1 saturated heterocycles. The van der Waals surface area contributed by atoms with E-state index in [9.17, 15) is 24.3 Å². The number of likely N-dealkylation sites (tertiary alicyclic amines) is 1. The molecule has 1 fully saturated rings. The minimum atomic E-state index is -1.28. The molecule has 0 saturated carbocycles. The zero-order valence-corrected chi connectivity index (χ0v) is 20.7. The zero-order chi connectivity index (χ0) is 24.9. The highest BCUT2D eigenvalue weighted by Crippen LogP contribution is 2.54. The predicted octanol–water partition coefficient (Wildman–Crippen LogP) is 3.65. The Morgan fingerprint density at radius 1 is 1.17 bits per heavy atom. The molecule has 0 radical (unpaired) electrons. The van der Waals surface area contributed by atoms with Gasteiger partial charge in [-0.1, -0.05) is 64.5 Å². The largest absolute Gasteiger partial charge is 0.489 e. The van der Waals surface area contributed by atoms with Gasteiger partial charge in [0.05, 0.1) is 10.9 Å². The van der Waals surface area contributed by atoms with E-state index in [1.54, 1.807) is 18.2 Å². The van der Waals surface area contributed by atoms with Crippen molar-refractivity contribution in [3.8, 4) is 5.75 Å². The molecule has 0 bridgehead atoms. The number of nitrogens with zero attached hydrogens (tertiary/aromatic N) is 1. The number of halogens is 1. The highest BCUT2D eigenvalue weighted by Gasteiger charge is 2.56. The first-order chi connectivity index (χ1) is 16.7. The number of aromatic amines is 1. The van der Waals surface area contributed by atoms with Gasteiger partial charge in [-0.2, -0.15) is 0 Å². The van der Waals surface area contributed by atoms with E-state index in [0.29, 0.717) is 26.2 Å². The number of aromatic nitrogens is 1. The van der Waals surface area contributed by atoms with Gasteiger partial charge in [0.15, 0.2) is 0 Å². The number of H-pyrrole nitrogens is 1. The van der Waals surface area contributed by atoms with Crippen LogP contribution in [0.2, 0.25) is 5.02 Å². The molecule has 1 aromatic heterocycles. The lowest BCUT2D eigenvalue weighted by molar-refractivity contribution is -0.149. The van der Waals surface area contributed by atoms with Gasteiger partial charge < -0.3 is 14.8 Å². The quantitative estimate of drug-likeness (QED) is 0.467. The number of thioether (sulfide) groups is 1. The van der Waals surface area contributed by atoms with Crippen molar-refractivity contribution in [3.05, 3.63) is 78.7 Å². The van der Waals surface area contributed by atoms with Crippen molar-refractivity contribution in [2.75, 3.05) is 6.54 Å². The van der Waals surface area contributed by atoms with Crippen LogP contribution in [0.4, 0.5) is 0 Å². The molecule has 2 N–H and O–H groups in total. The number of amides is 2. The van der Waals surface area contributed by atoms with E-state index in [-0.39, 0.29) is 11.5 Å². The predicted molar refractivity (Wildman–Crippen MR) is 131 cm³/mol. The van der Waals surface area contributed by atoms with E-state index >= 15 is 0 Å². The molecule has 2 aliphatic rings. The summed E-state index contributed by atoms with van der Waals surface area (Å²) in [6.45, 7) is 1.53. The number of carboxylic acids is 1. The second-order valence-electron chi connectivity index (χ2n) is 8.37. The number of fused-ring (bicyclic) bond motifs is 2. The molecule has 5 rings (SSSR count). The van der Waals surface area contributed by atoms with Crippen molar-refractivity contribution in [3.63, 3.8) is 0 Å². The van der Waals surface area contributed by atoms with Gasteiger partial charge in [0, 0.05) is 21.4 Å². The highest BCUT2D eigenvalue weighted by atomic mass is 35.5. The van der Waals surface area contributed by atoms with Gasteiger partial charge >= 0.3 is 10.8 Å². The second kappa shape index (κ2) is 9.18. The molecule has 2 aromatic carbocycles. The molecule has 2 amide bonds. The summed E-state index contributed by atoms with van der Waals surface area (Å²) in [5, 5.41) is 9.27. The van der Waals surface area contributed by atoms with Crippen LogP contribution in [-0.4, -0.2) is 44.6 Å². The number of aryl methyl sites for hydroxylation is 1. The molecule has 2 aliphatic heterocycles. The SMILES string of the molecule is Cc1cccc(COc2ccc(Cl)cc2[C@@H]2c3sc(=O)[nH]c3SC3C(=O)N(CC(=O)O)C(=O)C32)c1. The van der Waals surface area contributed by atoms with Gasteiger partial charge in [0.1, 0.15) is 24.2 Å². The van der Waals surface area contributed by atoms with E-state index in [1.807, 2.05) is 31.2 Å². The van der Waals surface area contributed by atoms with Crippen LogP contribution in [0, 0.1) is 12.8 Å². The summed E-state index contributed by atoms with van der Waals surface area (Å²) in [7, 11) is 0. The average Bonchev–Trinajstić information content (AvgIpc) is 3.28. The zero-order valence-electron chi connectivity index (χ0n) is 18.3. The Kier molecular flexibility index (Phi) is 6.20. The number of carbonyl (C=O) groups is 3. The Morgan fingerprint density at radius 3 is 2.71 bits per heavy atom. The number of hydrogen-bond acceptors (Lipinski definition) is 7. The van der Waals surface area contributed by atoms with Crippen molar-refractivity contribution in [1.29, 1.82) is 0 Å². The van der Waals surface area contributed by atoms with Crippen molar-refractivity contribution >= 4 is 52.5 Å². The maximum Gasteiger partial charge on any atom is 0.323 e. The molecule has 0 aliphatic carbocycles. The fourth-order valence-electron chi connectivity index (χ4n) is 4.56. The van der Waals surface area contributed by atoms with Crippen LogP contribution in [-0.2, 0) is 21.0 Å². The fraction of sp³-hybridized carbons (Fsp3) is 0.250. The summed E-state index contributed by atoms with van der Waals surface area (Å²) in [6, 6.07) is 12.9. The van der Waals surface area contributed by atoms with Crippen LogP contribution in [0.15, 0.2) is 52.3 Å². The van der Waals surface area contributed by atoms with Crippen LogP contribution >= 0.6 is 34.7 Å². The standard InChI is InChI=1S/C24H19ClN2O6S2/c1-11-3-2-4-12(7-11)10-33-15-6-5-13(25)8-14(15)17-18-20(34-21-19(17)35-24(32)26-21)23(31)27(22(18)30)9-16(28)29/h2-8,17-18,20H,9-10H2,1H3,(H,26,32)(H,28,29)/t17-,18?,20?/m0/s1. The maximum absolute atomic E-state index is 13.4. The van der Waals surface area contributed by atoms with Crippen LogP contribution in [0.5, 0.6) is 5.75 Å². The topological polar surface area (TPSA) is 117 Å².